The number of hydrogen-bond donors (Lipinski definition) is 2. The molecule has 0 spiro atoms. The normalized spacial score (nSPS) is 38.8. The highest BCUT2D eigenvalue weighted by Gasteiger charge is 2.59. The van der Waals surface area contributed by atoms with Crippen molar-refractivity contribution < 1.29 is 24.2 Å². The number of thiol groups is 1. The van der Waals surface area contributed by atoms with Gasteiger partial charge in [-0.1, -0.05) is 0 Å². The molecule has 1 N–H and O–H groups in total. The molecule has 2 fully saturated rings. The monoisotopic (exact) mass is 274 g/mol. The number of carboxylic acids is 1. The van der Waals surface area contributed by atoms with E-state index in [-0.39, 0.29) is 11.4 Å². The Balaban J connectivity index is 2.17. The highest BCUT2D eigenvalue weighted by molar-refractivity contribution is 7.81. The van der Waals surface area contributed by atoms with Gasteiger partial charge in [-0.05, 0) is 27.2 Å². The molecule has 5 atom stereocenters. The second-order valence-corrected chi connectivity index (χ2v) is 6.53. The predicted octanol–water partition coefficient (Wildman–Crippen LogP) is 1.11. The van der Waals surface area contributed by atoms with Crippen LogP contribution in [-0.4, -0.2) is 40.1 Å². The molecule has 0 aromatic heterocycles. The molecule has 2 aliphatic heterocycles. The molecule has 0 aliphatic carbocycles. The lowest BCUT2D eigenvalue weighted by Gasteiger charge is -2.29. The summed E-state index contributed by atoms with van der Waals surface area (Å²) in [5, 5.41) is 9.13. The van der Waals surface area contributed by atoms with Crippen molar-refractivity contribution in [3.8, 4) is 0 Å². The van der Waals surface area contributed by atoms with Crippen molar-refractivity contribution in [3.05, 3.63) is 0 Å². The third kappa shape index (κ3) is 2.36. The Hall–Kier alpha value is -0.750. The lowest BCUT2D eigenvalue weighted by Crippen LogP contribution is -2.44. The molecule has 2 heterocycles. The van der Waals surface area contributed by atoms with Crippen molar-refractivity contribution in [3.63, 3.8) is 0 Å². The maximum Gasteiger partial charge on any atom is 0.313 e. The number of esters is 1. The van der Waals surface area contributed by atoms with E-state index in [4.69, 9.17) is 9.47 Å². The zero-order valence-electron chi connectivity index (χ0n) is 10.6. The second kappa shape index (κ2) is 4.42. The molecule has 0 aromatic rings. The Bertz CT molecular complexity index is 375. The Morgan fingerprint density at radius 2 is 1.94 bits per heavy atom. The van der Waals surface area contributed by atoms with Crippen molar-refractivity contribution in [1.29, 1.82) is 0 Å². The van der Waals surface area contributed by atoms with Gasteiger partial charge in [0.2, 0.25) is 0 Å². The van der Waals surface area contributed by atoms with E-state index in [0.29, 0.717) is 6.42 Å². The molecule has 0 radical (unpaired) electrons. The van der Waals surface area contributed by atoms with Crippen LogP contribution >= 0.6 is 12.6 Å². The standard InChI is InChI=1S/C12H18O5S/c1-12(2,3)17-11(15)7-5-4-6(18)9(16-5)8(7)10(13)14/h5-9,18H,4H2,1-3H3,(H,13,14). The van der Waals surface area contributed by atoms with E-state index in [1.807, 2.05) is 0 Å². The van der Waals surface area contributed by atoms with E-state index in [1.165, 1.54) is 0 Å². The number of fused-ring (bicyclic) bond motifs is 2. The van der Waals surface area contributed by atoms with Gasteiger partial charge >= 0.3 is 11.9 Å². The highest BCUT2D eigenvalue weighted by Crippen LogP contribution is 2.46. The molecular formula is C12H18O5S. The van der Waals surface area contributed by atoms with Gasteiger partial charge in [-0.3, -0.25) is 9.59 Å². The zero-order chi connectivity index (χ0) is 13.7. The molecule has 2 aliphatic rings. The molecule has 18 heavy (non-hydrogen) atoms. The molecule has 102 valence electrons. The minimum absolute atomic E-state index is 0.116. The number of carbonyl (C=O) groups excluding carboxylic acids is 1. The van der Waals surface area contributed by atoms with Crippen molar-refractivity contribution in [2.75, 3.05) is 0 Å². The third-order valence-electron chi connectivity index (χ3n) is 3.29. The van der Waals surface area contributed by atoms with Crippen LogP contribution in [0.4, 0.5) is 0 Å². The number of hydrogen-bond acceptors (Lipinski definition) is 5. The minimum Gasteiger partial charge on any atom is -0.481 e. The van der Waals surface area contributed by atoms with Crippen LogP contribution in [0.1, 0.15) is 27.2 Å². The average molecular weight is 274 g/mol. The Kier molecular flexibility index (Phi) is 3.36. The van der Waals surface area contributed by atoms with Crippen LogP contribution in [0.25, 0.3) is 0 Å². The first kappa shape index (κ1) is 13.7. The summed E-state index contributed by atoms with van der Waals surface area (Å²) in [5.41, 5.74) is -0.623. The predicted molar refractivity (Wildman–Crippen MR) is 66.5 cm³/mol. The number of aliphatic carboxylic acids is 1. The summed E-state index contributed by atoms with van der Waals surface area (Å²) in [6.07, 6.45) is -0.275. The van der Waals surface area contributed by atoms with E-state index in [1.54, 1.807) is 20.8 Å². The Morgan fingerprint density at radius 1 is 1.33 bits per heavy atom. The number of ether oxygens (including phenoxy) is 2. The van der Waals surface area contributed by atoms with Gasteiger partial charge in [0.1, 0.15) is 5.60 Å². The number of carboxylic acid groups (broad SMARTS) is 1. The average Bonchev–Trinajstić information content (AvgIpc) is 2.69. The van der Waals surface area contributed by atoms with Crippen LogP contribution in [0.2, 0.25) is 0 Å². The Morgan fingerprint density at radius 3 is 2.44 bits per heavy atom. The number of rotatable bonds is 2. The number of carbonyl (C=O) groups is 2. The zero-order valence-corrected chi connectivity index (χ0v) is 11.5. The van der Waals surface area contributed by atoms with Crippen molar-refractivity contribution in [1.82, 2.24) is 0 Å². The third-order valence-corrected chi connectivity index (χ3v) is 3.80. The molecule has 0 aromatic carbocycles. The second-order valence-electron chi connectivity index (χ2n) is 5.87. The molecule has 5 nitrogen and oxygen atoms in total. The lowest BCUT2D eigenvalue weighted by atomic mass is 9.79. The van der Waals surface area contributed by atoms with Gasteiger partial charge in [0, 0.05) is 5.25 Å². The topological polar surface area (TPSA) is 72.8 Å². The maximum absolute atomic E-state index is 12.1. The lowest BCUT2D eigenvalue weighted by molar-refractivity contribution is -0.167. The van der Waals surface area contributed by atoms with Crippen LogP contribution in [0, 0.1) is 11.8 Å². The fourth-order valence-corrected chi connectivity index (χ4v) is 3.14. The minimum atomic E-state index is -1.02. The summed E-state index contributed by atoms with van der Waals surface area (Å²) in [5.74, 6) is -3.06. The first-order chi connectivity index (χ1) is 8.20. The SMILES string of the molecule is CC(C)(C)OC(=O)C1C2CC(S)C(O2)C1C(=O)O. The summed E-state index contributed by atoms with van der Waals surface area (Å²) >= 11 is 4.31. The van der Waals surface area contributed by atoms with E-state index < -0.39 is 35.5 Å². The van der Waals surface area contributed by atoms with Crippen LogP contribution in [0.15, 0.2) is 0 Å². The van der Waals surface area contributed by atoms with Gasteiger partial charge in [-0.2, -0.15) is 12.6 Å². The summed E-state index contributed by atoms with van der Waals surface area (Å²) < 4.78 is 10.8. The van der Waals surface area contributed by atoms with Crippen molar-refractivity contribution >= 4 is 24.6 Å². The van der Waals surface area contributed by atoms with Crippen molar-refractivity contribution in [2.24, 2.45) is 11.8 Å². The van der Waals surface area contributed by atoms with Crippen LogP contribution in [0.5, 0.6) is 0 Å². The molecular weight excluding hydrogens is 256 g/mol. The molecule has 6 heteroatoms. The van der Waals surface area contributed by atoms with Gasteiger partial charge in [0.25, 0.3) is 0 Å². The van der Waals surface area contributed by atoms with Crippen molar-refractivity contribution in [2.45, 2.75) is 50.3 Å². The largest absolute Gasteiger partial charge is 0.481 e. The smallest absolute Gasteiger partial charge is 0.313 e. The molecule has 2 saturated heterocycles. The fraction of sp³-hybridized carbons (Fsp3) is 0.833. The first-order valence-electron chi connectivity index (χ1n) is 6.00. The van der Waals surface area contributed by atoms with Gasteiger partial charge in [0.05, 0.1) is 24.0 Å². The van der Waals surface area contributed by atoms with Gasteiger partial charge in [-0.25, -0.2) is 0 Å². The molecule has 2 bridgehead atoms. The maximum atomic E-state index is 12.1. The summed E-state index contributed by atoms with van der Waals surface area (Å²) in [4.78, 5) is 23.4. The van der Waals surface area contributed by atoms with E-state index in [0.717, 1.165) is 0 Å². The summed E-state index contributed by atoms with van der Waals surface area (Å²) in [6, 6.07) is 0. The van der Waals surface area contributed by atoms with E-state index in [2.05, 4.69) is 12.6 Å². The Labute approximate surface area is 111 Å². The van der Waals surface area contributed by atoms with Crippen LogP contribution in [-0.2, 0) is 19.1 Å². The fourth-order valence-electron chi connectivity index (χ4n) is 2.67. The van der Waals surface area contributed by atoms with E-state index >= 15 is 0 Å². The quantitative estimate of drug-likeness (QED) is 0.583. The van der Waals surface area contributed by atoms with Crippen LogP contribution in [0.3, 0.4) is 0 Å². The van der Waals surface area contributed by atoms with Gasteiger partial charge in [0.15, 0.2) is 0 Å². The van der Waals surface area contributed by atoms with E-state index in [9.17, 15) is 14.7 Å². The molecule has 0 amide bonds. The van der Waals surface area contributed by atoms with Gasteiger partial charge < -0.3 is 14.6 Å². The summed E-state index contributed by atoms with van der Waals surface area (Å²) in [6.45, 7) is 5.28. The molecule has 0 saturated carbocycles. The highest BCUT2D eigenvalue weighted by atomic mass is 32.1. The molecule has 5 unspecified atom stereocenters. The summed E-state index contributed by atoms with van der Waals surface area (Å²) in [7, 11) is 0. The molecule has 2 rings (SSSR count). The van der Waals surface area contributed by atoms with Crippen LogP contribution < -0.4 is 0 Å². The first-order valence-corrected chi connectivity index (χ1v) is 6.51. The van der Waals surface area contributed by atoms with Gasteiger partial charge in [-0.15, -0.1) is 0 Å².